The van der Waals surface area contributed by atoms with E-state index in [9.17, 15) is 4.79 Å². The van der Waals surface area contributed by atoms with Crippen LogP contribution in [-0.4, -0.2) is 78.5 Å². The van der Waals surface area contributed by atoms with Gasteiger partial charge in [-0.25, -0.2) is 23.4 Å². The molecule has 1 amide bonds. The second kappa shape index (κ2) is 10.3. The van der Waals surface area contributed by atoms with Gasteiger partial charge in [0, 0.05) is 37.4 Å². The highest BCUT2D eigenvalue weighted by molar-refractivity contribution is 6.06. The van der Waals surface area contributed by atoms with Crippen LogP contribution in [0, 0.1) is 11.6 Å². The molecule has 2 unspecified atom stereocenters. The van der Waals surface area contributed by atoms with Crippen LogP contribution in [0.25, 0.3) is 16.9 Å². The zero-order chi connectivity index (χ0) is 31.0. The third-order valence-electron chi connectivity index (χ3n) is 8.98. The lowest BCUT2D eigenvalue weighted by Crippen LogP contribution is -2.57. The van der Waals surface area contributed by atoms with Gasteiger partial charge in [0.15, 0.2) is 0 Å². The van der Waals surface area contributed by atoms with Crippen molar-refractivity contribution in [1.29, 1.82) is 0 Å². The zero-order valence-electron chi connectivity index (χ0n) is 24.7. The summed E-state index contributed by atoms with van der Waals surface area (Å²) in [5.74, 6) is -0.526. The van der Waals surface area contributed by atoms with E-state index in [0.717, 1.165) is 5.69 Å². The van der Waals surface area contributed by atoms with E-state index in [1.165, 1.54) is 18.2 Å². The molecule has 3 aromatic heterocycles. The van der Waals surface area contributed by atoms with Crippen molar-refractivity contribution in [2.75, 3.05) is 24.5 Å². The van der Waals surface area contributed by atoms with Crippen LogP contribution in [0.2, 0.25) is 0 Å². The number of carbonyl (C=O) groups excluding carboxylic acids is 1. The minimum absolute atomic E-state index is 0.0888. The summed E-state index contributed by atoms with van der Waals surface area (Å²) in [5.41, 5.74) is 3.86. The van der Waals surface area contributed by atoms with Gasteiger partial charge in [0.25, 0.3) is 0 Å². The number of fused-ring (bicyclic) bond motifs is 5. The Morgan fingerprint density at radius 1 is 1.13 bits per heavy atom. The van der Waals surface area contributed by atoms with Gasteiger partial charge in [-0.1, -0.05) is 23.9 Å². The monoisotopic (exact) mass is 609 g/mol. The Morgan fingerprint density at radius 2 is 2.00 bits per heavy atom. The average molecular weight is 610 g/mol. The molecule has 0 saturated carbocycles. The molecule has 4 aromatic rings. The fraction of sp³-hybridized carbons (Fsp3) is 0.312. The number of hydrogen-bond donors (Lipinski definition) is 0. The number of rotatable bonds is 1. The van der Waals surface area contributed by atoms with Crippen molar-refractivity contribution in [2.24, 2.45) is 4.99 Å². The average Bonchev–Trinajstić information content (AvgIpc) is 3.51. The van der Waals surface area contributed by atoms with E-state index >= 15 is 8.78 Å². The Kier molecular flexibility index (Phi) is 6.27. The minimum Gasteiger partial charge on any atom is -0.350 e. The molecule has 7 heterocycles. The van der Waals surface area contributed by atoms with Gasteiger partial charge in [-0.15, -0.1) is 5.10 Å². The number of hydrogen-bond acceptors (Lipinski definition) is 9. The van der Waals surface area contributed by atoms with E-state index < -0.39 is 24.1 Å². The molecule has 1 fully saturated rings. The Balaban J connectivity index is 1.39. The number of aryl methyl sites for hydroxylation is 2. The number of aromatic nitrogens is 5. The van der Waals surface area contributed by atoms with E-state index in [-0.39, 0.29) is 23.2 Å². The van der Waals surface area contributed by atoms with Crippen molar-refractivity contribution in [3.05, 3.63) is 89.5 Å². The molecule has 1 saturated heterocycles. The zero-order valence-corrected chi connectivity index (χ0v) is 24.7. The van der Waals surface area contributed by atoms with Crippen molar-refractivity contribution >= 4 is 23.2 Å². The predicted octanol–water partition coefficient (Wildman–Crippen LogP) is 4.09. The molecule has 0 radical (unpaired) electrons. The van der Waals surface area contributed by atoms with Gasteiger partial charge in [-0.05, 0) is 56.5 Å². The molecule has 3 atom stereocenters. The Morgan fingerprint density at radius 3 is 2.82 bits per heavy atom. The van der Waals surface area contributed by atoms with Gasteiger partial charge in [0.05, 0.1) is 34.5 Å². The van der Waals surface area contributed by atoms with Gasteiger partial charge in [0.1, 0.15) is 35.1 Å². The molecule has 45 heavy (non-hydrogen) atoms. The van der Waals surface area contributed by atoms with Gasteiger partial charge in [0.2, 0.25) is 12.3 Å². The summed E-state index contributed by atoms with van der Waals surface area (Å²) in [6.07, 6.45) is 4.24. The summed E-state index contributed by atoms with van der Waals surface area (Å²) >= 11 is 0. The maximum atomic E-state index is 16.3. The Labute approximate surface area is 257 Å². The molecule has 13 heteroatoms. The first-order chi connectivity index (χ1) is 21.8. The molecule has 2 bridgehead atoms. The van der Waals surface area contributed by atoms with E-state index in [1.54, 1.807) is 39.0 Å². The summed E-state index contributed by atoms with van der Waals surface area (Å²) in [6, 6.07) is 7.82. The summed E-state index contributed by atoms with van der Waals surface area (Å²) in [5, 5.41) is 8.64. The van der Waals surface area contributed by atoms with Crippen LogP contribution >= 0.6 is 0 Å². The second-order valence-electron chi connectivity index (χ2n) is 11.6. The SMILES string of the molecule is C=CC(=O)N1CCN(C2=NC3OC(C)c4nccc5c4N3c3nc(c(F)cc32)-c2c(F)cccc2CCc2cnnn2-5)[C@@H](C)C1. The molecule has 8 rings (SSSR count). The van der Waals surface area contributed by atoms with Crippen molar-refractivity contribution in [2.45, 2.75) is 45.2 Å². The minimum atomic E-state index is -0.890. The number of aliphatic imine (C=N–C) groups is 1. The standard InChI is InChI=1S/C32H29F2N9O2/c1-4-25(44)40-12-13-41(17(2)16-40)30-21-14-23(34)28-26-19(6-5-7-22(26)33)8-9-20-15-36-39-43(20)24-10-11-35-27-18(3)45-32(38-30)42(29(24)27)31(21)37-28/h4-7,10-11,14-15,17-18,32H,1,8-9,12-13,16H2,2-3H3/t17-,18?,32?/m0/s1. The van der Waals surface area contributed by atoms with Crippen LogP contribution in [0.4, 0.5) is 20.3 Å². The third kappa shape index (κ3) is 4.17. The largest absolute Gasteiger partial charge is 0.350 e. The Hall–Kier alpha value is -5.04. The van der Waals surface area contributed by atoms with Crippen molar-refractivity contribution in [3.8, 4) is 16.9 Å². The fourth-order valence-corrected chi connectivity index (χ4v) is 6.83. The lowest BCUT2D eigenvalue weighted by Gasteiger charge is -2.46. The lowest BCUT2D eigenvalue weighted by atomic mass is 9.96. The van der Waals surface area contributed by atoms with Crippen LogP contribution in [0.3, 0.4) is 0 Å². The molecule has 1 aromatic carbocycles. The predicted molar refractivity (Wildman–Crippen MR) is 161 cm³/mol. The van der Waals surface area contributed by atoms with E-state index in [4.69, 9.17) is 14.7 Å². The highest BCUT2D eigenvalue weighted by Crippen LogP contribution is 2.47. The quantitative estimate of drug-likeness (QED) is 0.297. The molecular formula is C32H29F2N9O2. The maximum absolute atomic E-state index is 16.3. The number of amidine groups is 1. The van der Waals surface area contributed by atoms with Gasteiger partial charge in [-0.3, -0.25) is 14.7 Å². The van der Waals surface area contributed by atoms with Gasteiger partial charge >= 0.3 is 0 Å². The summed E-state index contributed by atoms with van der Waals surface area (Å²) in [7, 11) is 0. The van der Waals surface area contributed by atoms with Crippen LogP contribution in [0.5, 0.6) is 0 Å². The van der Waals surface area contributed by atoms with Gasteiger partial charge in [-0.2, -0.15) is 0 Å². The third-order valence-corrected chi connectivity index (χ3v) is 8.98. The number of piperazine rings is 1. The van der Waals surface area contributed by atoms with Crippen molar-refractivity contribution in [3.63, 3.8) is 0 Å². The van der Waals surface area contributed by atoms with Crippen LogP contribution < -0.4 is 4.90 Å². The molecule has 4 aliphatic heterocycles. The molecule has 0 spiro atoms. The summed E-state index contributed by atoms with van der Waals surface area (Å²) in [4.78, 5) is 32.6. The summed E-state index contributed by atoms with van der Waals surface area (Å²) < 4.78 is 40.2. The molecule has 11 nitrogen and oxygen atoms in total. The number of anilines is 2. The summed E-state index contributed by atoms with van der Waals surface area (Å²) in [6.45, 7) is 8.83. The van der Waals surface area contributed by atoms with E-state index in [2.05, 4.69) is 21.9 Å². The first-order valence-corrected chi connectivity index (χ1v) is 14.9. The number of carbonyl (C=O) groups is 1. The number of benzene rings is 1. The first-order valence-electron chi connectivity index (χ1n) is 14.9. The fourth-order valence-electron chi connectivity index (χ4n) is 6.83. The molecular weight excluding hydrogens is 580 g/mol. The first kappa shape index (κ1) is 27.5. The number of nitrogens with zero attached hydrogens (tertiary/aromatic N) is 9. The maximum Gasteiger partial charge on any atom is 0.246 e. The topological polar surface area (TPSA) is 105 Å². The number of amides is 1. The van der Waals surface area contributed by atoms with Crippen LogP contribution in [0.1, 0.15) is 42.5 Å². The van der Waals surface area contributed by atoms with E-state index in [1.807, 2.05) is 24.8 Å². The molecule has 4 aliphatic rings. The second-order valence-corrected chi connectivity index (χ2v) is 11.6. The molecule has 0 N–H and O–H groups in total. The molecule has 228 valence electrons. The van der Waals surface area contributed by atoms with Crippen molar-refractivity contribution < 1.29 is 18.3 Å². The lowest BCUT2D eigenvalue weighted by molar-refractivity contribution is -0.128. The van der Waals surface area contributed by atoms with Crippen molar-refractivity contribution in [1.82, 2.24) is 34.8 Å². The number of ether oxygens (including phenoxy) is 1. The van der Waals surface area contributed by atoms with Crippen LogP contribution in [-0.2, 0) is 22.4 Å². The highest BCUT2D eigenvalue weighted by Gasteiger charge is 2.44. The van der Waals surface area contributed by atoms with E-state index in [0.29, 0.717) is 72.3 Å². The van der Waals surface area contributed by atoms with Gasteiger partial charge < -0.3 is 14.5 Å². The number of pyridine rings is 2. The molecule has 0 aliphatic carbocycles. The highest BCUT2D eigenvalue weighted by atomic mass is 19.1. The normalized spacial score (nSPS) is 21.6. The Bertz CT molecular complexity index is 1920. The smallest absolute Gasteiger partial charge is 0.246 e. The van der Waals surface area contributed by atoms with Crippen LogP contribution in [0.15, 0.2) is 60.4 Å². The number of halogens is 2.